The summed E-state index contributed by atoms with van der Waals surface area (Å²) >= 11 is 0. The highest BCUT2D eigenvalue weighted by Gasteiger charge is 2.15. The predicted octanol–water partition coefficient (Wildman–Crippen LogP) is 3.00. The number of aromatic nitrogens is 1. The van der Waals surface area contributed by atoms with E-state index in [9.17, 15) is 9.18 Å². The minimum absolute atomic E-state index is 0.175. The third-order valence-electron chi connectivity index (χ3n) is 2.98. The molecule has 0 radical (unpaired) electrons. The number of hydrogen-bond donors (Lipinski definition) is 0. The summed E-state index contributed by atoms with van der Waals surface area (Å²) in [6, 6.07) is 8.07. The van der Waals surface area contributed by atoms with Gasteiger partial charge in [0, 0.05) is 0 Å². The fourth-order valence-electron chi connectivity index (χ4n) is 2.05. The van der Waals surface area contributed by atoms with Crippen molar-refractivity contribution in [3.05, 3.63) is 58.8 Å². The van der Waals surface area contributed by atoms with Gasteiger partial charge in [-0.1, -0.05) is 12.1 Å². The Balaban J connectivity index is 2.33. The SMILES string of the molecule is COc1ncc(F)cc1-c1coc2ccccc2c1=O. The van der Waals surface area contributed by atoms with Gasteiger partial charge in [0.15, 0.2) is 0 Å². The molecule has 2 aromatic heterocycles. The molecule has 0 spiro atoms. The van der Waals surface area contributed by atoms with E-state index in [4.69, 9.17) is 9.15 Å². The molecule has 100 valence electrons. The van der Waals surface area contributed by atoms with E-state index in [0.717, 1.165) is 6.20 Å². The van der Waals surface area contributed by atoms with Crippen molar-refractivity contribution in [2.75, 3.05) is 7.11 Å². The molecular weight excluding hydrogens is 261 g/mol. The van der Waals surface area contributed by atoms with Gasteiger partial charge in [0.2, 0.25) is 11.3 Å². The zero-order chi connectivity index (χ0) is 14.1. The molecule has 1 aromatic carbocycles. The Bertz CT molecular complexity index is 842. The van der Waals surface area contributed by atoms with E-state index in [2.05, 4.69) is 4.98 Å². The van der Waals surface area contributed by atoms with Crippen LogP contribution in [-0.4, -0.2) is 12.1 Å². The molecule has 0 bridgehead atoms. The topological polar surface area (TPSA) is 52.3 Å². The first-order valence-electron chi connectivity index (χ1n) is 5.91. The second kappa shape index (κ2) is 4.77. The fraction of sp³-hybridized carbons (Fsp3) is 0.0667. The van der Waals surface area contributed by atoms with Crippen molar-refractivity contribution >= 4 is 11.0 Å². The Hall–Kier alpha value is -2.69. The maximum atomic E-state index is 13.4. The summed E-state index contributed by atoms with van der Waals surface area (Å²) in [7, 11) is 1.41. The van der Waals surface area contributed by atoms with Gasteiger partial charge in [-0.2, -0.15) is 0 Å². The number of ether oxygens (including phenoxy) is 1. The first-order chi connectivity index (χ1) is 9.70. The van der Waals surface area contributed by atoms with Crippen LogP contribution in [0.1, 0.15) is 0 Å². The Labute approximate surface area is 113 Å². The van der Waals surface area contributed by atoms with E-state index in [1.807, 2.05) is 0 Å². The quantitative estimate of drug-likeness (QED) is 0.719. The fourth-order valence-corrected chi connectivity index (χ4v) is 2.05. The van der Waals surface area contributed by atoms with Gasteiger partial charge in [0.1, 0.15) is 17.7 Å². The number of para-hydroxylation sites is 1. The standard InChI is InChI=1S/C15H10FNO3/c1-19-15-11(6-9(16)7-17-15)12-8-20-13-5-3-2-4-10(13)14(12)18/h2-8H,1H3. The predicted molar refractivity (Wildman–Crippen MR) is 72.2 cm³/mol. The summed E-state index contributed by atoms with van der Waals surface area (Å²) < 4.78 is 23.8. The maximum Gasteiger partial charge on any atom is 0.221 e. The van der Waals surface area contributed by atoms with E-state index in [-0.39, 0.29) is 22.4 Å². The van der Waals surface area contributed by atoms with Crippen LogP contribution in [0.2, 0.25) is 0 Å². The first-order valence-corrected chi connectivity index (χ1v) is 5.91. The molecule has 20 heavy (non-hydrogen) atoms. The molecule has 3 aromatic rings. The van der Waals surface area contributed by atoms with Gasteiger partial charge in [-0.15, -0.1) is 0 Å². The molecule has 0 N–H and O–H groups in total. The lowest BCUT2D eigenvalue weighted by molar-refractivity contribution is 0.397. The average Bonchev–Trinajstić information content (AvgIpc) is 2.48. The number of methoxy groups -OCH3 is 1. The van der Waals surface area contributed by atoms with Crippen molar-refractivity contribution in [3.8, 4) is 17.0 Å². The molecule has 5 heteroatoms. The number of nitrogens with zero attached hydrogens (tertiary/aromatic N) is 1. The zero-order valence-corrected chi connectivity index (χ0v) is 10.6. The zero-order valence-electron chi connectivity index (χ0n) is 10.6. The van der Waals surface area contributed by atoms with E-state index in [1.54, 1.807) is 24.3 Å². The molecule has 3 rings (SSSR count). The molecular formula is C15H10FNO3. The van der Waals surface area contributed by atoms with Crippen LogP contribution in [0.3, 0.4) is 0 Å². The number of halogens is 1. The lowest BCUT2D eigenvalue weighted by Crippen LogP contribution is -2.06. The van der Waals surface area contributed by atoms with Gasteiger partial charge >= 0.3 is 0 Å². The molecule has 0 amide bonds. The van der Waals surface area contributed by atoms with Crippen LogP contribution in [0.4, 0.5) is 4.39 Å². The number of hydrogen-bond acceptors (Lipinski definition) is 4. The van der Waals surface area contributed by atoms with E-state index < -0.39 is 5.82 Å². The van der Waals surface area contributed by atoms with Crippen molar-refractivity contribution in [1.29, 1.82) is 0 Å². The van der Waals surface area contributed by atoms with Crippen molar-refractivity contribution in [1.82, 2.24) is 4.98 Å². The molecule has 0 aliphatic heterocycles. The molecule has 4 nitrogen and oxygen atoms in total. The highest BCUT2D eigenvalue weighted by atomic mass is 19.1. The van der Waals surface area contributed by atoms with Crippen molar-refractivity contribution in [3.63, 3.8) is 0 Å². The molecule has 2 heterocycles. The molecule has 0 fully saturated rings. The minimum atomic E-state index is -0.548. The van der Waals surface area contributed by atoms with Crippen molar-refractivity contribution in [2.45, 2.75) is 0 Å². The Morgan fingerprint density at radius 3 is 2.85 bits per heavy atom. The third-order valence-corrected chi connectivity index (χ3v) is 2.98. The lowest BCUT2D eigenvalue weighted by Gasteiger charge is -2.07. The number of fused-ring (bicyclic) bond motifs is 1. The van der Waals surface area contributed by atoms with Gasteiger partial charge in [0.05, 0.1) is 29.8 Å². The van der Waals surface area contributed by atoms with Crippen LogP contribution >= 0.6 is 0 Å². The van der Waals surface area contributed by atoms with Gasteiger partial charge in [-0.25, -0.2) is 9.37 Å². The minimum Gasteiger partial charge on any atom is -0.481 e. The monoisotopic (exact) mass is 271 g/mol. The Morgan fingerprint density at radius 2 is 2.05 bits per heavy atom. The van der Waals surface area contributed by atoms with Crippen LogP contribution in [0.15, 0.2) is 52.0 Å². The smallest absolute Gasteiger partial charge is 0.221 e. The summed E-state index contributed by atoms with van der Waals surface area (Å²) in [6.45, 7) is 0. The van der Waals surface area contributed by atoms with Crippen LogP contribution in [0.5, 0.6) is 5.88 Å². The van der Waals surface area contributed by atoms with Crippen LogP contribution in [0, 0.1) is 5.82 Å². The largest absolute Gasteiger partial charge is 0.481 e. The number of benzene rings is 1. The van der Waals surface area contributed by atoms with Gasteiger partial charge in [-0.3, -0.25) is 4.79 Å². The highest BCUT2D eigenvalue weighted by molar-refractivity contribution is 5.82. The first kappa shape index (κ1) is 12.3. The van der Waals surface area contributed by atoms with Gasteiger partial charge in [0.25, 0.3) is 0 Å². The Kier molecular flexibility index (Phi) is 2.95. The van der Waals surface area contributed by atoms with Gasteiger partial charge < -0.3 is 9.15 Å². The van der Waals surface area contributed by atoms with E-state index in [1.165, 1.54) is 19.4 Å². The van der Waals surface area contributed by atoms with E-state index >= 15 is 0 Å². The molecule has 0 aliphatic rings. The summed E-state index contributed by atoms with van der Waals surface area (Å²) in [5.41, 5.74) is 0.710. The van der Waals surface area contributed by atoms with Crippen molar-refractivity contribution in [2.24, 2.45) is 0 Å². The second-order valence-electron chi connectivity index (χ2n) is 4.19. The van der Waals surface area contributed by atoms with Crippen LogP contribution < -0.4 is 10.2 Å². The molecule has 0 saturated heterocycles. The van der Waals surface area contributed by atoms with Crippen molar-refractivity contribution < 1.29 is 13.5 Å². The molecule has 0 unspecified atom stereocenters. The van der Waals surface area contributed by atoms with Crippen LogP contribution in [0.25, 0.3) is 22.1 Å². The number of pyridine rings is 1. The highest BCUT2D eigenvalue weighted by Crippen LogP contribution is 2.27. The summed E-state index contributed by atoms with van der Waals surface area (Å²) in [5.74, 6) is -0.373. The summed E-state index contributed by atoms with van der Waals surface area (Å²) in [6.07, 6.45) is 2.33. The summed E-state index contributed by atoms with van der Waals surface area (Å²) in [5, 5.41) is 0.427. The molecule has 0 saturated carbocycles. The van der Waals surface area contributed by atoms with Crippen LogP contribution in [-0.2, 0) is 0 Å². The number of rotatable bonds is 2. The third kappa shape index (κ3) is 1.93. The van der Waals surface area contributed by atoms with E-state index in [0.29, 0.717) is 11.0 Å². The summed E-state index contributed by atoms with van der Waals surface area (Å²) in [4.78, 5) is 16.3. The van der Waals surface area contributed by atoms with Gasteiger partial charge in [-0.05, 0) is 18.2 Å². The molecule has 0 atom stereocenters. The lowest BCUT2D eigenvalue weighted by atomic mass is 10.1. The Morgan fingerprint density at radius 1 is 1.25 bits per heavy atom. The molecule has 0 aliphatic carbocycles. The second-order valence-corrected chi connectivity index (χ2v) is 4.19. The normalized spacial score (nSPS) is 10.7. The average molecular weight is 271 g/mol. The maximum absolute atomic E-state index is 13.4.